The quantitative estimate of drug-likeness (QED) is 0.879. The van der Waals surface area contributed by atoms with Crippen LogP contribution in [0.2, 0.25) is 0 Å². The minimum absolute atomic E-state index is 0. The second-order valence-electron chi connectivity index (χ2n) is 5.99. The zero-order valence-corrected chi connectivity index (χ0v) is 14.4. The van der Waals surface area contributed by atoms with Crippen molar-refractivity contribution < 1.29 is 4.52 Å². The van der Waals surface area contributed by atoms with E-state index < -0.39 is 0 Å². The molecule has 6 heteroatoms. The van der Waals surface area contributed by atoms with E-state index in [1.807, 2.05) is 37.4 Å². The maximum Gasteiger partial charge on any atom is 0.241 e. The first-order valence-electron chi connectivity index (χ1n) is 8.10. The Bertz CT molecular complexity index is 567. The smallest absolute Gasteiger partial charge is 0.241 e. The van der Waals surface area contributed by atoms with Gasteiger partial charge in [0.05, 0.1) is 6.54 Å². The first-order valence-corrected chi connectivity index (χ1v) is 8.10. The highest BCUT2D eigenvalue weighted by Crippen LogP contribution is 2.22. The van der Waals surface area contributed by atoms with Crippen LogP contribution in [0.5, 0.6) is 0 Å². The molecule has 1 aromatic heterocycles. The maximum atomic E-state index is 5.40. The highest BCUT2D eigenvalue weighted by molar-refractivity contribution is 5.85. The van der Waals surface area contributed by atoms with Gasteiger partial charge in [0.2, 0.25) is 11.7 Å². The Hall–Kier alpha value is -1.43. The van der Waals surface area contributed by atoms with Gasteiger partial charge in [-0.05, 0) is 51.9 Å². The Morgan fingerprint density at radius 2 is 1.96 bits per heavy atom. The Morgan fingerprint density at radius 1 is 1.22 bits per heavy atom. The van der Waals surface area contributed by atoms with Gasteiger partial charge in [-0.1, -0.05) is 35.5 Å². The molecule has 23 heavy (non-hydrogen) atoms. The number of hydrogen-bond acceptors (Lipinski definition) is 5. The van der Waals surface area contributed by atoms with E-state index in [0.717, 1.165) is 37.7 Å². The van der Waals surface area contributed by atoms with Gasteiger partial charge < -0.3 is 9.84 Å². The Morgan fingerprint density at radius 3 is 2.65 bits per heavy atom. The van der Waals surface area contributed by atoms with Crippen molar-refractivity contribution in [2.24, 2.45) is 5.92 Å². The monoisotopic (exact) mass is 336 g/mol. The van der Waals surface area contributed by atoms with E-state index in [9.17, 15) is 0 Å². The zero-order chi connectivity index (χ0) is 15.2. The van der Waals surface area contributed by atoms with Crippen LogP contribution in [0.15, 0.2) is 34.9 Å². The minimum Gasteiger partial charge on any atom is -0.338 e. The van der Waals surface area contributed by atoms with Crippen LogP contribution < -0.4 is 5.32 Å². The van der Waals surface area contributed by atoms with E-state index in [0.29, 0.717) is 11.7 Å². The predicted octanol–water partition coefficient (Wildman–Crippen LogP) is 2.98. The average molecular weight is 337 g/mol. The molecule has 5 nitrogen and oxygen atoms in total. The number of nitrogens with zero attached hydrogens (tertiary/aromatic N) is 3. The second-order valence-corrected chi connectivity index (χ2v) is 5.99. The number of aromatic nitrogens is 2. The fourth-order valence-electron chi connectivity index (χ4n) is 3.00. The topological polar surface area (TPSA) is 54.2 Å². The van der Waals surface area contributed by atoms with Crippen molar-refractivity contribution in [3.63, 3.8) is 0 Å². The standard InChI is InChI=1S/C17H24N4O.ClH/c1-18-10-7-14-8-11-21(12-9-14)13-16-19-17(20-22-16)15-5-3-2-4-6-15;/h2-6,14,18H,7-13H2,1H3;1H. The van der Waals surface area contributed by atoms with Crippen molar-refractivity contribution >= 4 is 12.4 Å². The SMILES string of the molecule is CNCCC1CCN(Cc2nc(-c3ccccc3)no2)CC1.Cl. The molecule has 1 saturated heterocycles. The summed E-state index contributed by atoms with van der Waals surface area (Å²) in [5.41, 5.74) is 1.00. The van der Waals surface area contributed by atoms with E-state index in [4.69, 9.17) is 4.52 Å². The molecule has 0 radical (unpaired) electrons. The largest absolute Gasteiger partial charge is 0.338 e. The summed E-state index contributed by atoms with van der Waals surface area (Å²) in [4.78, 5) is 6.93. The van der Waals surface area contributed by atoms with Gasteiger partial charge in [-0.3, -0.25) is 4.90 Å². The third-order valence-corrected chi connectivity index (χ3v) is 4.37. The number of nitrogens with one attached hydrogen (secondary N) is 1. The molecule has 1 aliphatic heterocycles. The molecule has 2 heterocycles. The van der Waals surface area contributed by atoms with Gasteiger partial charge in [-0.25, -0.2) is 0 Å². The summed E-state index contributed by atoms with van der Waals surface area (Å²) in [5.74, 6) is 2.25. The molecule has 3 rings (SSSR count). The van der Waals surface area contributed by atoms with Gasteiger partial charge in [-0.2, -0.15) is 4.98 Å². The fourth-order valence-corrected chi connectivity index (χ4v) is 3.00. The van der Waals surface area contributed by atoms with Crippen LogP contribution in [0.25, 0.3) is 11.4 Å². The van der Waals surface area contributed by atoms with E-state index in [2.05, 4.69) is 20.4 Å². The number of halogens is 1. The van der Waals surface area contributed by atoms with Crippen molar-refractivity contribution in [1.29, 1.82) is 0 Å². The number of benzene rings is 1. The molecule has 2 aromatic rings. The lowest BCUT2D eigenvalue weighted by atomic mass is 9.93. The predicted molar refractivity (Wildman–Crippen MR) is 93.5 cm³/mol. The van der Waals surface area contributed by atoms with E-state index >= 15 is 0 Å². The molecule has 1 aliphatic rings. The summed E-state index contributed by atoms with van der Waals surface area (Å²) in [6.45, 7) is 4.13. The first kappa shape index (κ1) is 17.9. The summed E-state index contributed by atoms with van der Waals surface area (Å²) in [6, 6.07) is 9.97. The first-order chi connectivity index (χ1) is 10.8. The highest BCUT2D eigenvalue weighted by atomic mass is 35.5. The highest BCUT2D eigenvalue weighted by Gasteiger charge is 2.20. The summed E-state index contributed by atoms with van der Waals surface area (Å²) in [6.07, 6.45) is 3.81. The molecule has 1 N–H and O–H groups in total. The number of rotatable bonds is 6. The molecule has 0 spiro atoms. The van der Waals surface area contributed by atoms with E-state index in [1.165, 1.54) is 19.3 Å². The van der Waals surface area contributed by atoms with Crippen molar-refractivity contribution in [3.8, 4) is 11.4 Å². The number of likely N-dealkylation sites (tertiary alicyclic amines) is 1. The summed E-state index contributed by atoms with van der Waals surface area (Å²) >= 11 is 0. The van der Waals surface area contributed by atoms with Crippen molar-refractivity contribution in [2.75, 3.05) is 26.7 Å². The van der Waals surface area contributed by atoms with Crippen molar-refractivity contribution in [2.45, 2.75) is 25.8 Å². The molecule has 0 amide bonds. The van der Waals surface area contributed by atoms with Crippen LogP contribution in [0.1, 0.15) is 25.2 Å². The van der Waals surface area contributed by atoms with Gasteiger partial charge in [0.25, 0.3) is 0 Å². The maximum absolute atomic E-state index is 5.40. The summed E-state index contributed by atoms with van der Waals surface area (Å²) in [5, 5.41) is 7.32. The molecular weight excluding hydrogens is 312 g/mol. The van der Waals surface area contributed by atoms with Crippen molar-refractivity contribution in [3.05, 3.63) is 36.2 Å². The van der Waals surface area contributed by atoms with E-state index in [1.54, 1.807) is 0 Å². The van der Waals surface area contributed by atoms with Crippen molar-refractivity contribution in [1.82, 2.24) is 20.4 Å². The molecule has 0 bridgehead atoms. The lowest BCUT2D eigenvalue weighted by Gasteiger charge is -2.30. The summed E-state index contributed by atoms with van der Waals surface area (Å²) in [7, 11) is 2.02. The lowest BCUT2D eigenvalue weighted by molar-refractivity contribution is 0.155. The fraction of sp³-hybridized carbons (Fsp3) is 0.529. The van der Waals surface area contributed by atoms with Crippen LogP contribution in [0.3, 0.4) is 0 Å². The normalized spacial score (nSPS) is 16.2. The summed E-state index contributed by atoms with van der Waals surface area (Å²) < 4.78 is 5.40. The van der Waals surface area contributed by atoms with Gasteiger partial charge in [0.1, 0.15) is 0 Å². The molecule has 126 valence electrons. The van der Waals surface area contributed by atoms with Crippen LogP contribution in [-0.4, -0.2) is 41.7 Å². The third-order valence-electron chi connectivity index (χ3n) is 4.37. The van der Waals surface area contributed by atoms with Crippen LogP contribution >= 0.6 is 12.4 Å². The van der Waals surface area contributed by atoms with E-state index in [-0.39, 0.29) is 12.4 Å². The molecule has 0 saturated carbocycles. The lowest BCUT2D eigenvalue weighted by Crippen LogP contribution is -2.34. The van der Waals surface area contributed by atoms with Gasteiger partial charge in [0.15, 0.2) is 0 Å². The van der Waals surface area contributed by atoms with Crippen LogP contribution in [0.4, 0.5) is 0 Å². The minimum atomic E-state index is 0. The molecule has 0 aliphatic carbocycles. The molecule has 0 atom stereocenters. The van der Waals surface area contributed by atoms with Crippen LogP contribution in [-0.2, 0) is 6.54 Å². The number of piperidine rings is 1. The average Bonchev–Trinajstić information content (AvgIpc) is 3.04. The molecule has 0 unspecified atom stereocenters. The Labute approximate surface area is 143 Å². The molecular formula is C17H25ClN4O. The van der Waals surface area contributed by atoms with Gasteiger partial charge in [0, 0.05) is 5.56 Å². The molecule has 1 fully saturated rings. The second kappa shape index (κ2) is 9.01. The van der Waals surface area contributed by atoms with Gasteiger partial charge >= 0.3 is 0 Å². The third kappa shape index (κ3) is 5.03. The Balaban J connectivity index is 0.00000192. The molecule has 1 aromatic carbocycles. The van der Waals surface area contributed by atoms with Gasteiger partial charge in [-0.15, -0.1) is 12.4 Å². The van der Waals surface area contributed by atoms with Crippen LogP contribution in [0, 0.1) is 5.92 Å². The number of hydrogen-bond donors (Lipinski definition) is 1. The zero-order valence-electron chi connectivity index (χ0n) is 13.6. The Kier molecular flexibility index (Phi) is 7.02.